The summed E-state index contributed by atoms with van der Waals surface area (Å²) in [6.45, 7) is 3.67. The maximum Gasteiger partial charge on any atom is 0.158 e. The normalized spacial score (nSPS) is 22.0. The number of rotatable bonds is 7. The van der Waals surface area contributed by atoms with E-state index in [1.165, 1.54) is 32.1 Å². The van der Waals surface area contributed by atoms with E-state index in [-0.39, 0.29) is 0 Å². The molecule has 0 spiro atoms. The van der Waals surface area contributed by atoms with E-state index in [1.54, 1.807) is 7.11 Å². The van der Waals surface area contributed by atoms with Crippen LogP contribution in [0.2, 0.25) is 0 Å². The zero-order valence-corrected chi connectivity index (χ0v) is 13.1. The lowest BCUT2D eigenvalue weighted by Gasteiger charge is -2.26. The quantitative estimate of drug-likeness (QED) is 0.529. The van der Waals surface area contributed by atoms with E-state index in [2.05, 4.69) is 27.6 Å². The summed E-state index contributed by atoms with van der Waals surface area (Å²) in [7, 11) is 1.63. The number of aromatic nitrogens is 2. The summed E-state index contributed by atoms with van der Waals surface area (Å²) in [5, 5.41) is 3.37. The minimum Gasteiger partial charge on any atom is -0.377 e. The number of hydrogen-bond donors (Lipinski definition) is 3. The summed E-state index contributed by atoms with van der Waals surface area (Å²) in [4.78, 5) is 8.66. The van der Waals surface area contributed by atoms with Gasteiger partial charge in [-0.2, -0.15) is 0 Å². The molecule has 0 radical (unpaired) electrons. The molecule has 1 saturated carbocycles. The standard InChI is InChI=1S/C15H27N5O/c1-11-3-5-12(6-4-11)7-8-17-13-9-14(20-16)19-15(18-13)10-21-2/h9,11-12H,3-8,10,16H2,1-2H3,(H2,17,18,19,20). The van der Waals surface area contributed by atoms with Crippen LogP contribution in [0.1, 0.15) is 44.9 Å². The van der Waals surface area contributed by atoms with Gasteiger partial charge in [-0.1, -0.05) is 32.6 Å². The smallest absolute Gasteiger partial charge is 0.158 e. The van der Waals surface area contributed by atoms with Gasteiger partial charge in [-0.15, -0.1) is 0 Å². The molecule has 0 unspecified atom stereocenters. The Morgan fingerprint density at radius 1 is 1.24 bits per heavy atom. The maximum absolute atomic E-state index is 5.43. The number of nitrogens with one attached hydrogen (secondary N) is 2. The molecule has 0 aromatic carbocycles. The van der Waals surface area contributed by atoms with Crippen LogP contribution in [0.4, 0.5) is 11.6 Å². The number of hydrazine groups is 1. The van der Waals surface area contributed by atoms with Crippen molar-refractivity contribution < 1.29 is 4.74 Å². The van der Waals surface area contributed by atoms with Gasteiger partial charge in [-0.3, -0.25) is 0 Å². The van der Waals surface area contributed by atoms with Crippen molar-refractivity contribution >= 4 is 11.6 Å². The molecule has 118 valence electrons. The molecule has 1 aromatic heterocycles. The molecule has 2 rings (SSSR count). The first kappa shape index (κ1) is 16.0. The van der Waals surface area contributed by atoms with E-state index in [0.29, 0.717) is 18.2 Å². The van der Waals surface area contributed by atoms with Gasteiger partial charge in [-0.05, 0) is 18.3 Å². The monoisotopic (exact) mass is 293 g/mol. The van der Waals surface area contributed by atoms with Gasteiger partial charge in [0.25, 0.3) is 0 Å². The van der Waals surface area contributed by atoms with Crippen LogP contribution in [0.25, 0.3) is 0 Å². The van der Waals surface area contributed by atoms with E-state index in [0.717, 1.165) is 24.2 Å². The Balaban J connectivity index is 1.83. The van der Waals surface area contributed by atoms with Gasteiger partial charge in [0.2, 0.25) is 0 Å². The molecular formula is C15H27N5O. The summed E-state index contributed by atoms with van der Waals surface area (Å²) < 4.78 is 5.07. The second-order valence-electron chi connectivity index (χ2n) is 5.97. The van der Waals surface area contributed by atoms with Crippen LogP contribution >= 0.6 is 0 Å². The van der Waals surface area contributed by atoms with Crippen LogP contribution in [0.3, 0.4) is 0 Å². The van der Waals surface area contributed by atoms with Crippen molar-refractivity contribution in [3.8, 4) is 0 Å². The van der Waals surface area contributed by atoms with Crippen LogP contribution in [0, 0.1) is 11.8 Å². The molecule has 4 N–H and O–H groups in total. The molecular weight excluding hydrogens is 266 g/mol. The van der Waals surface area contributed by atoms with Gasteiger partial charge >= 0.3 is 0 Å². The minimum atomic E-state index is 0.380. The van der Waals surface area contributed by atoms with Crippen molar-refractivity contribution in [2.75, 3.05) is 24.4 Å². The summed E-state index contributed by atoms with van der Waals surface area (Å²) in [6.07, 6.45) is 6.66. The second kappa shape index (κ2) is 8.14. The summed E-state index contributed by atoms with van der Waals surface area (Å²) in [5.74, 6) is 9.22. The lowest BCUT2D eigenvalue weighted by molar-refractivity contribution is 0.178. The molecule has 6 nitrogen and oxygen atoms in total. The largest absolute Gasteiger partial charge is 0.377 e. The van der Waals surface area contributed by atoms with Crippen molar-refractivity contribution in [3.05, 3.63) is 11.9 Å². The fourth-order valence-electron chi connectivity index (χ4n) is 2.88. The number of ether oxygens (including phenoxy) is 1. The number of hydrogen-bond acceptors (Lipinski definition) is 6. The highest BCUT2D eigenvalue weighted by Crippen LogP contribution is 2.30. The third kappa shape index (κ3) is 5.13. The van der Waals surface area contributed by atoms with Crippen LogP contribution in [-0.4, -0.2) is 23.6 Å². The SMILES string of the molecule is COCc1nc(NN)cc(NCCC2CCC(C)CC2)n1. The van der Waals surface area contributed by atoms with Gasteiger partial charge in [0.15, 0.2) is 5.82 Å². The highest BCUT2D eigenvalue weighted by Gasteiger charge is 2.17. The molecule has 1 aliphatic rings. The Kier molecular flexibility index (Phi) is 6.20. The van der Waals surface area contributed by atoms with Crippen LogP contribution in [0.15, 0.2) is 6.07 Å². The van der Waals surface area contributed by atoms with E-state index in [1.807, 2.05) is 6.07 Å². The van der Waals surface area contributed by atoms with E-state index >= 15 is 0 Å². The Hall–Kier alpha value is -1.40. The zero-order chi connectivity index (χ0) is 15.1. The molecule has 0 saturated heterocycles. The predicted molar refractivity (Wildman–Crippen MR) is 84.8 cm³/mol. The minimum absolute atomic E-state index is 0.380. The lowest BCUT2D eigenvalue weighted by Crippen LogP contribution is -2.17. The van der Waals surface area contributed by atoms with Gasteiger partial charge in [0, 0.05) is 19.7 Å². The Morgan fingerprint density at radius 3 is 2.62 bits per heavy atom. The van der Waals surface area contributed by atoms with Gasteiger partial charge in [0.05, 0.1) is 0 Å². The predicted octanol–water partition coefficient (Wildman–Crippen LogP) is 2.54. The van der Waals surface area contributed by atoms with E-state index < -0.39 is 0 Å². The summed E-state index contributed by atoms with van der Waals surface area (Å²) in [6, 6.07) is 1.82. The summed E-state index contributed by atoms with van der Waals surface area (Å²) >= 11 is 0. The fourth-order valence-corrected chi connectivity index (χ4v) is 2.88. The first-order chi connectivity index (χ1) is 10.2. The third-order valence-electron chi connectivity index (χ3n) is 4.19. The van der Waals surface area contributed by atoms with Crippen molar-refractivity contribution in [3.63, 3.8) is 0 Å². The molecule has 0 aliphatic heterocycles. The van der Waals surface area contributed by atoms with Gasteiger partial charge < -0.3 is 15.5 Å². The van der Waals surface area contributed by atoms with Crippen LogP contribution in [0.5, 0.6) is 0 Å². The number of anilines is 2. The van der Waals surface area contributed by atoms with E-state index in [9.17, 15) is 0 Å². The highest BCUT2D eigenvalue weighted by molar-refractivity contribution is 5.46. The molecule has 1 fully saturated rings. The van der Waals surface area contributed by atoms with Crippen molar-refractivity contribution in [2.24, 2.45) is 17.7 Å². The molecule has 0 atom stereocenters. The maximum atomic E-state index is 5.43. The van der Waals surface area contributed by atoms with E-state index in [4.69, 9.17) is 10.6 Å². The first-order valence-corrected chi connectivity index (χ1v) is 7.78. The van der Waals surface area contributed by atoms with Crippen LogP contribution < -0.4 is 16.6 Å². The number of nitrogens with zero attached hydrogens (tertiary/aromatic N) is 2. The highest BCUT2D eigenvalue weighted by atomic mass is 16.5. The van der Waals surface area contributed by atoms with Gasteiger partial charge in [-0.25, -0.2) is 15.8 Å². The molecule has 6 heteroatoms. The van der Waals surface area contributed by atoms with Crippen molar-refractivity contribution in [2.45, 2.75) is 45.6 Å². The molecule has 21 heavy (non-hydrogen) atoms. The number of nitrogens with two attached hydrogens (primary N) is 1. The average Bonchev–Trinajstić information content (AvgIpc) is 2.49. The third-order valence-corrected chi connectivity index (χ3v) is 4.19. The topological polar surface area (TPSA) is 85.1 Å². The molecule has 1 aliphatic carbocycles. The van der Waals surface area contributed by atoms with Crippen molar-refractivity contribution in [1.29, 1.82) is 0 Å². The summed E-state index contributed by atoms with van der Waals surface area (Å²) in [5.41, 5.74) is 2.56. The fraction of sp³-hybridized carbons (Fsp3) is 0.733. The molecule has 0 amide bonds. The number of methoxy groups -OCH3 is 1. The molecule has 0 bridgehead atoms. The zero-order valence-electron chi connectivity index (χ0n) is 13.1. The van der Waals surface area contributed by atoms with Crippen LogP contribution in [-0.2, 0) is 11.3 Å². The average molecular weight is 293 g/mol. The van der Waals surface area contributed by atoms with Gasteiger partial charge in [0.1, 0.15) is 18.2 Å². The Bertz CT molecular complexity index is 432. The second-order valence-corrected chi connectivity index (χ2v) is 5.97. The first-order valence-electron chi connectivity index (χ1n) is 7.78. The molecule has 1 aromatic rings. The molecule has 1 heterocycles. The van der Waals surface area contributed by atoms with Crippen molar-refractivity contribution in [1.82, 2.24) is 9.97 Å². The number of nitrogen functional groups attached to an aromatic ring is 1. The Labute approximate surface area is 126 Å². The lowest BCUT2D eigenvalue weighted by atomic mass is 9.81. The Morgan fingerprint density at radius 2 is 1.95 bits per heavy atom.